The summed E-state index contributed by atoms with van der Waals surface area (Å²) in [7, 11) is 0. The van der Waals surface area contributed by atoms with E-state index in [1.54, 1.807) is 18.2 Å². The Morgan fingerprint density at radius 3 is 2.44 bits per heavy atom. The smallest absolute Gasteiger partial charge is 0.258 e. The van der Waals surface area contributed by atoms with Crippen LogP contribution in [0.4, 0.5) is 5.69 Å². The van der Waals surface area contributed by atoms with Crippen molar-refractivity contribution in [2.24, 2.45) is 0 Å². The molecule has 0 amide bonds. The van der Waals surface area contributed by atoms with Crippen LogP contribution in [0, 0.1) is 10.1 Å². The van der Waals surface area contributed by atoms with Gasteiger partial charge in [0.25, 0.3) is 5.69 Å². The molecule has 0 N–H and O–H groups in total. The van der Waals surface area contributed by atoms with Crippen molar-refractivity contribution in [2.75, 3.05) is 0 Å². The molecular weight excluding hydrogens is 202 g/mol. The van der Waals surface area contributed by atoms with E-state index in [4.69, 9.17) is 0 Å². The summed E-state index contributed by atoms with van der Waals surface area (Å²) in [6, 6.07) is 6.40. The average Bonchev–Trinajstić information content (AvgIpc) is 2.29. The lowest BCUT2D eigenvalue weighted by molar-refractivity contribution is -0.384. The summed E-state index contributed by atoms with van der Waals surface area (Å²) in [6.45, 7) is 5.62. The Hall–Kier alpha value is -2.16. The first-order chi connectivity index (χ1) is 7.67. The fourth-order valence-electron chi connectivity index (χ4n) is 1.25. The molecule has 0 aromatic heterocycles. The Kier molecular flexibility index (Phi) is 4.21. The fourth-order valence-corrected chi connectivity index (χ4v) is 1.25. The van der Waals surface area contributed by atoms with E-state index in [0.29, 0.717) is 0 Å². The van der Waals surface area contributed by atoms with E-state index in [1.807, 2.05) is 25.2 Å². The SMILES string of the molecule is C=CC(C=CC)=Cc1ccc([N+](=O)[O-])cc1. The standard InChI is InChI=1S/C13H13NO2/c1-3-5-11(4-2)10-12-6-8-13(9-7-12)14(15)16/h3-10H,2H2,1H3. The van der Waals surface area contributed by atoms with E-state index in [-0.39, 0.29) is 5.69 Å². The van der Waals surface area contributed by atoms with Crippen LogP contribution in [0.15, 0.2) is 54.6 Å². The normalized spacial score (nSPS) is 11.7. The van der Waals surface area contributed by atoms with Gasteiger partial charge < -0.3 is 0 Å². The molecule has 3 nitrogen and oxygen atoms in total. The summed E-state index contributed by atoms with van der Waals surface area (Å²) in [6.07, 6.45) is 7.49. The summed E-state index contributed by atoms with van der Waals surface area (Å²) < 4.78 is 0. The van der Waals surface area contributed by atoms with Crippen LogP contribution in [0.5, 0.6) is 0 Å². The van der Waals surface area contributed by atoms with Gasteiger partial charge in [0.05, 0.1) is 4.92 Å². The molecule has 1 aromatic carbocycles. The van der Waals surface area contributed by atoms with Crippen molar-refractivity contribution in [3.8, 4) is 0 Å². The number of benzene rings is 1. The highest BCUT2D eigenvalue weighted by atomic mass is 16.6. The zero-order valence-corrected chi connectivity index (χ0v) is 9.09. The van der Waals surface area contributed by atoms with E-state index in [1.165, 1.54) is 12.1 Å². The lowest BCUT2D eigenvalue weighted by Crippen LogP contribution is -1.86. The van der Waals surface area contributed by atoms with Gasteiger partial charge in [-0.3, -0.25) is 10.1 Å². The van der Waals surface area contributed by atoms with Crippen LogP contribution in [-0.2, 0) is 0 Å². The van der Waals surface area contributed by atoms with Crippen molar-refractivity contribution in [1.82, 2.24) is 0 Å². The van der Waals surface area contributed by atoms with E-state index in [2.05, 4.69) is 6.58 Å². The molecule has 3 heteroatoms. The second kappa shape index (κ2) is 5.66. The predicted molar refractivity (Wildman–Crippen MR) is 66.1 cm³/mol. The molecular formula is C13H13NO2. The monoisotopic (exact) mass is 215 g/mol. The molecule has 82 valence electrons. The maximum atomic E-state index is 10.5. The van der Waals surface area contributed by atoms with Crippen LogP contribution in [0.1, 0.15) is 12.5 Å². The quantitative estimate of drug-likeness (QED) is 0.436. The number of nitrogens with zero attached hydrogens (tertiary/aromatic N) is 1. The zero-order valence-electron chi connectivity index (χ0n) is 9.09. The molecule has 0 fully saturated rings. The van der Waals surface area contributed by atoms with Crippen LogP contribution in [0.2, 0.25) is 0 Å². The lowest BCUT2D eigenvalue weighted by Gasteiger charge is -1.96. The van der Waals surface area contributed by atoms with Gasteiger partial charge in [-0.15, -0.1) is 0 Å². The molecule has 0 aliphatic rings. The number of allylic oxidation sites excluding steroid dienone is 4. The van der Waals surface area contributed by atoms with E-state index >= 15 is 0 Å². The molecule has 0 heterocycles. The zero-order chi connectivity index (χ0) is 12.0. The number of nitro groups is 1. The number of hydrogen-bond acceptors (Lipinski definition) is 2. The van der Waals surface area contributed by atoms with Crippen LogP contribution < -0.4 is 0 Å². The van der Waals surface area contributed by atoms with Gasteiger partial charge in [-0.25, -0.2) is 0 Å². The van der Waals surface area contributed by atoms with Crippen molar-refractivity contribution < 1.29 is 4.92 Å². The molecule has 0 aliphatic carbocycles. The second-order valence-electron chi connectivity index (χ2n) is 3.20. The minimum Gasteiger partial charge on any atom is -0.258 e. The summed E-state index contributed by atoms with van der Waals surface area (Å²) in [5.41, 5.74) is 1.98. The minimum atomic E-state index is -0.409. The largest absolute Gasteiger partial charge is 0.269 e. The molecule has 0 aliphatic heterocycles. The molecule has 16 heavy (non-hydrogen) atoms. The molecule has 0 atom stereocenters. The highest BCUT2D eigenvalue weighted by molar-refractivity contribution is 5.60. The summed E-state index contributed by atoms with van der Waals surface area (Å²) in [5, 5.41) is 10.5. The Bertz CT molecular complexity index is 442. The molecule has 0 spiro atoms. The van der Waals surface area contributed by atoms with Crippen molar-refractivity contribution in [2.45, 2.75) is 6.92 Å². The summed E-state index contributed by atoms with van der Waals surface area (Å²) >= 11 is 0. The Morgan fingerprint density at radius 1 is 1.38 bits per heavy atom. The first-order valence-corrected chi connectivity index (χ1v) is 4.88. The summed E-state index contributed by atoms with van der Waals surface area (Å²) in [5.74, 6) is 0. The number of nitro benzene ring substituents is 1. The number of hydrogen-bond donors (Lipinski definition) is 0. The van der Waals surface area contributed by atoms with Gasteiger partial charge in [0, 0.05) is 12.1 Å². The number of non-ortho nitro benzene ring substituents is 1. The number of rotatable bonds is 4. The molecule has 0 bridgehead atoms. The van der Waals surface area contributed by atoms with Gasteiger partial charge >= 0.3 is 0 Å². The van der Waals surface area contributed by atoms with Crippen LogP contribution in [-0.4, -0.2) is 4.92 Å². The third kappa shape index (κ3) is 3.20. The van der Waals surface area contributed by atoms with Gasteiger partial charge in [-0.2, -0.15) is 0 Å². The van der Waals surface area contributed by atoms with Crippen molar-refractivity contribution >= 4 is 11.8 Å². The van der Waals surface area contributed by atoms with Crippen molar-refractivity contribution in [3.05, 3.63) is 70.3 Å². The van der Waals surface area contributed by atoms with E-state index in [9.17, 15) is 10.1 Å². The molecule has 0 unspecified atom stereocenters. The second-order valence-corrected chi connectivity index (χ2v) is 3.20. The van der Waals surface area contributed by atoms with Crippen molar-refractivity contribution in [3.63, 3.8) is 0 Å². The first-order valence-electron chi connectivity index (χ1n) is 4.88. The topological polar surface area (TPSA) is 43.1 Å². The van der Waals surface area contributed by atoms with Gasteiger partial charge in [-0.05, 0) is 36.3 Å². The van der Waals surface area contributed by atoms with Crippen LogP contribution in [0.3, 0.4) is 0 Å². The fraction of sp³-hybridized carbons (Fsp3) is 0.0769. The third-order valence-corrected chi connectivity index (χ3v) is 2.03. The molecule has 1 aromatic rings. The van der Waals surface area contributed by atoms with Gasteiger partial charge in [0.15, 0.2) is 0 Å². The maximum Gasteiger partial charge on any atom is 0.269 e. The first kappa shape index (κ1) is 11.9. The van der Waals surface area contributed by atoms with E-state index < -0.39 is 4.92 Å². The van der Waals surface area contributed by atoms with Gasteiger partial charge in [-0.1, -0.05) is 24.8 Å². The minimum absolute atomic E-state index is 0.100. The van der Waals surface area contributed by atoms with Crippen LogP contribution >= 0.6 is 0 Å². The molecule has 0 saturated carbocycles. The summed E-state index contributed by atoms with van der Waals surface area (Å²) in [4.78, 5) is 10.0. The van der Waals surface area contributed by atoms with Gasteiger partial charge in [0.1, 0.15) is 0 Å². The highest BCUT2D eigenvalue weighted by Gasteiger charge is 2.02. The molecule has 0 saturated heterocycles. The third-order valence-electron chi connectivity index (χ3n) is 2.03. The van der Waals surface area contributed by atoms with Crippen molar-refractivity contribution in [1.29, 1.82) is 0 Å². The lowest BCUT2D eigenvalue weighted by atomic mass is 10.1. The molecule has 1 rings (SSSR count). The van der Waals surface area contributed by atoms with Gasteiger partial charge in [0.2, 0.25) is 0 Å². The maximum absolute atomic E-state index is 10.5. The predicted octanol–water partition coefficient (Wildman–Crippen LogP) is 3.74. The molecule has 0 radical (unpaired) electrons. The Balaban J connectivity index is 2.98. The Labute approximate surface area is 94.6 Å². The van der Waals surface area contributed by atoms with E-state index in [0.717, 1.165) is 11.1 Å². The Morgan fingerprint density at radius 2 is 2.00 bits per heavy atom. The van der Waals surface area contributed by atoms with Crippen LogP contribution in [0.25, 0.3) is 6.08 Å². The highest BCUT2D eigenvalue weighted by Crippen LogP contribution is 2.15. The average molecular weight is 215 g/mol.